The molecule has 0 fully saturated rings. The van der Waals surface area contributed by atoms with Crippen molar-refractivity contribution in [3.63, 3.8) is 0 Å². The topological polar surface area (TPSA) is 38.1 Å². The highest BCUT2D eigenvalue weighted by molar-refractivity contribution is 7.09. The van der Waals surface area contributed by atoms with Gasteiger partial charge in [0.1, 0.15) is 10.8 Å². The van der Waals surface area contributed by atoms with Gasteiger partial charge in [-0.05, 0) is 25.5 Å². The molecule has 0 bridgehead atoms. The summed E-state index contributed by atoms with van der Waals surface area (Å²) < 4.78 is 5.29. The standard InChI is InChI=1S/C12H16N2OS/c1-3-11(12-14-9(2)8-16-12)13-7-10-5-4-6-15-10/h4-6,8,11,13H,3,7H2,1-2H3. The molecule has 1 N–H and O–H groups in total. The lowest BCUT2D eigenvalue weighted by atomic mass is 10.2. The van der Waals surface area contributed by atoms with Gasteiger partial charge in [0, 0.05) is 11.1 Å². The van der Waals surface area contributed by atoms with E-state index in [2.05, 4.69) is 22.6 Å². The summed E-state index contributed by atoms with van der Waals surface area (Å²) in [5, 5.41) is 6.70. The molecule has 0 saturated carbocycles. The molecule has 0 aliphatic heterocycles. The minimum Gasteiger partial charge on any atom is -0.468 e. The maximum atomic E-state index is 5.29. The summed E-state index contributed by atoms with van der Waals surface area (Å²) in [6, 6.07) is 4.21. The second-order valence-electron chi connectivity index (χ2n) is 3.75. The van der Waals surface area contributed by atoms with Gasteiger partial charge in [-0.2, -0.15) is 0 Å². The summed E-state index contributed by atoms with van der Waals surface area (Å²) in [4.78, 5) is 4.51. The molecular weight excluding hydrogens is 220 g/mol. The normalized spacial score (nSPS) is 12.9. The summed E-state index contributed by atoms with van der Waals surface area (Å²) >= 11 is 1.72. The van der Waals surface area contributed by atoms with Crippen molar-refractivity contribution in [3.05, 3.63) is 40.2 Å². The first-order chi connectivity index (χ1) is 7.79. The number of hydrogen-bond acceptors (Lipinski definition) is 4. The number of aromatic nitrogens is 1. The molecular formula is C12H16N2OS. The maximum Gasteiger partial charge on any atom is 0.117 e. The van der Waals surface area contributed by atoms with Crippen molar-refractivity contribution in [1.29, 1.82) is 0 Å². The monoisotopic (exact) mass is 236 g/mol. The Balaban J connectivity index is 1.96. The van der Waals surface area contributed by atoms with Crippen LogP contribution in [-0.2, 0) is 6.54 Å². The fraction of sp³-hybridized carbons (Fsp3) is 0.417. The van der Waals surface area contributed by atoms with E-state index >= 15 is 0 Å². The zero-order valence-corrected chi connectivity index (χ0v) is 10.4. The molecule has 4 heteroatoms. The van der Waals surface area contributed by atoms with Crippen molar-refractivity contribution in [2.45, 2.75) is 32.9 Å². The molecule has 0 aliphatic carbocycles. The highest BCUT2D eigenvalue weighted by Crippen LogP contribution is 2.21. The Bertz CT molecular complexity index is 422. The first-order valence-corrected chi connectivity index (χ1v) is 6.35. The molecule has 0 aliphatic rings. The summed E-state index contributed by atoms with van der Waals surface area (Å²) in [6.07, 6.45) is 2.74. The molecule has 0 amide bonds. The van der Waals surface area contributed by atoms with Crippen LogP contribution in [0.2, 0.25) is 0 Å². The molecule has 1 atom stereocenters. The number of rotatable bonds is 5. The number of furan rings is 1. The van der Waals surface area contributed by atoms with E-state index in [1.807, 2.05) is 19.1 Å². The van der Waals surface area contributed by atoms with E-state index in [0.717, 1.165) is 29.4 Å². The number of hydrogen-bond donors (Lipinski definition) is 1. The zero-order valence-electron chi connectivity index (χ0n) is 9.56. The lowest BCUT2D eigenvalue weighted by Gasteiger charge is -2.12. The van der Waals surface area contributed by atoms with Crippen LogP contribution in [0.1, 0.15) is 35.8 Å². The van der Waals surface area contributed by atoms with Gasteiger partial charge in [0.25, 0.3) is 0 Å². The Labute approximate surface area is 99.5 Å². The van der Waals surface area contributed by atoms with Gasteiger partial charge in [-0.3, -0.25) is 0 Å². The highest BCUT2D eigenvalue weighted by Gasteiger charge is 2.12. The fourth-order valence-electron chi connectivity index (χ4n) is 1.58. The van der Waals surface area contributed by atoms with Gasteiger partial charge >= 0.3 is 0 Å². The average molecular weight is 236 g/mol. The first kappa shape index (κ1) is 11.4. The van der Waals surface area contributed by atoms with Crippen LogP contribution < -0.4 is 5.32 Å². The summed E-state index contributed by atoms with van der Waals surface area (Å²) in [5.41, 5.74) is 1.10. The number of nitrogens with zero attached hydrogens (tertiary/aromatic N) is 1. The Morgan fingerprint density at radius 3 is 3.00 bits per heavy atom. The summed E-state index contributed by atoms with van der Waals surface area (Å²) in [5.74, 6) is 0.965. The van der Waals surface area contributed by atoms with Gasteiger partial charge in [-0.25, -0.2) is 4.98 Å². The third-order valence-electron chi connectivity index (χ3n) is 2.45. The largest absolute Gasteiger partial charge is 0.468 e. The molecule has 86 valence electrons. The van der Waals surface area contributed by atoms with Gasteiger partial charge in [0.15, 0.2) is 0 Å². The van der Waals surface area contributed by atoms with E-state index in [1.165, 1.54) is 0 Å². The molecule has 1 unspecified atom stereocenters. The van der Waals surface area contributed by atoms with Crippen LogP contribution in [0.3, 0.4) is 0 Å². The molecule has 2 aromatic heterocycles. The Kier molecular flexibility index (Phi) is 3.74. The van der Waals surface area contributed by atoms with Crippen molar-refractivity contribution in [3.8, 4) is 0 Å². The lowest BCUT2D eigenvalue weighted by Crippen LogP contribution is -2.19. The zero-order chi connectivity index (χ0) is 11.4. The highest BCUT2D eigenvalue weighted by atomic mass is 32.1. The van der Waals surface area contributed by atoms with Crippen molar-refractivity contribution in [2.24, 2.45) is 0 Å². The van der Waals surface area contributed by atoms with Crippen LogP contribution in [0.15, 0.2) is 28.2 Å². The Morgan fingerprint density at radius 2 is 2.44 bits per heavy atom. The quantitative estimate of drug-likeness (QED) is 0.865. The predicted octanol–water partition coefficient (Wildman–Crippen LogP) is 3.29. The van der Waals surface area contributed by atoms with Crippen LogP contribution in [0, 0.1) is 6.92 Å². The van der Waals surface area contributed by atoms with Crippen LogP contribution >= 0.6 is 11.3 Å². The van der Waals surface area contributed by atoms with E-state index in [0.29, 0.717) is 6.04 Å². The SMILES string of the molecule is CCC(NCc1ccco1)c1nc(C)cs1. The van der Waals surface area contributed by atoms with E-state index in [-0.39, 0.29) is 0 Å². The predicted molar refractivity (Wildman–Crippen MR) is 65.4 cm³/mol. The van der Waals surface area contributed by atoms with E-state index < -0.39 is 0 Å². The Hall–Kier alpha value is -1.13. The van der Waals surface area contributed by atoms with Crippen molar-refractivity contribution in [1.82, 2.24) is 10.3 Å². The molecule has 0 radical (unpaired) electrons. The average Bonchev–Trinajstić information content (AvgIpc) is 2.91. The van der Waals surface area contributed by atoms with E-state index in [9.17, 15) is 0 Å². The third-order valence-corrected chi connectivity index (χ3v) is 3.52. The van der Waals surface area contributed by atoms with E-state index in [1.54, 1.807) is 17.6 Å². The molecule has 2 rings (SSSR count). The smallest absolute Gasteiger partial charge is 0.117 e. The molecule has 0 saturated heterocycles. The van der Waals surface area contributed by atoms with Gasteiger partial charge in [0.05, 0.1) is 18.8 Å². The van der Waals surface area contributed by atoms with Crippen molar-refractivity contribution in [2.75, 3.05) is 0 Å². The van der Waals surface area contributed by atoms with Gasteiger partial charge in [-0.15, -0.1) is 11.3 Å². The molecule has 16 heavy (non-hydrogen) atoms. The molecule has 2 heterocycles. The van der Waals surface area contributed by atoms with Crippen LogP contribution in [-0.4, -0.2) is 4.98 Å². The number of thiazole rings is 1. The summed E-state index contributed by atoms with van der Waals surface area (Å²) in [7, 11) is 0. The molecule has 0 spiro atoms. The van der Waals surface area contributed by atoms with Gasteiger partial charge in [0.2, 0.25) is 0 Å². The molecule has 3 nitrogen and oxygen atoms in total. The Morgan fingerprint density at radius 1 is 1.56 bits per heavy atom. The van der Waals surface area contributed by atoms with Crippen molar-refractivity contribution < 1.29 is 4.42 Å². The second kappa shape index (κ2) is 5.27. The van der Waals surface area contributed by atoms with Crippen molar-refractivity contribution >= 4 is 11.3 Å². The minimum absolute atomic E-state index is 0.323. The number of aryl methyl sites for hydroxylation is 1. The van der Waals surface area contributed by atoms with E-state index in [4.69, 9.17) is 4.42 Å². The molecule has 2 aromatic rings. The van der Waals surface area contributed by atoms with Crippen LogP contribution in [0.25, 0.3) is 0 Å². The minimum atomic E-state index is 0.323. The molecule has 0 aromatic carbocycles. The fourth-order valence-corrected chi connectivity index (χ4v) is 2.53. The van der Waals surface area contributed by atoms with Gasteiger partial charge in [-0.1, -0.05) is 6.92 Å². The van der Waals surface area contributed by atoms with Crippen LogP contribution in [0.5, 0.6) is 0 Å². The second-order valence-corrected chi connectivity index (χ2v) is 4.64. The first-order valence-electron chi connectivity index (χ1n) is 5.47. The lowest BCUT2D eigenvalue weighted by molar-refractivity contribution is 0.442. The van der Waals surface area contributed by atoms with Crippen LogP contribution in [0.4, 0.5) is 0 Å². The third kappa shape index (κ3) is 2.71. The number of nitrogens with one attached hydrogen (secondary N) is 1. The van der Waals surface area contributed by atoms with Gasteiger partial charge < -0.3 is 9.73 Å². The summed E-state index contributed by atoms with van der Waals surface area (Å²) in [6.45, 7) is 4.94. The maximum absolute atomic E-state index is 5.29.